The molecule has 0 aliphatic rings. The van der Waals surface area contributed by atoms with E-state index in [9.17, 15) is 4.79 Å². The van der Waals surface area contributed by atoms with Gasteiger partial charge in [0.1, 0.15) is 0 Å². The van der Waals surface area contributed by atoms with Crippen LogP contribution < -0.4 is 0 Å². The fraction of sp³-hybridized carbons (Fsp3) is 0.125. The molecule has 0 radical (unpaired) electrons. The molecule has 0 fully saturated rings. The van der Waals surface area contributed by atoms with Crippen LogP contribution in [0.1, 0.15) is 16.3 Å². The van der Waals surface area contributed by atoms with E-state index in [0.29, 0.717) is 11.5 Å². The summed E-state index contributed by atoms with van der Waals surface area (Å²) in [6.45, 7) is 0. The molecule has 0 aromatic carbocycles. The van der Waals surface area contributed by atoms with Crippen LogP contribution in [0.5, 0.6) is 0 Å². The van der Waals surface area contributed by atoms with Gasteiger partial charge in [0, 0.05) is 0 Å². The minimum absolute atomic E-state index is 0.0986. The number of thiol groups is 1. The van der Waals surface area contributed by atoms with Crippen LogP contribution in [0, 0.1) is 11.8 Å². The summed E-state index contributed by atoms with van der Waals surface area (Å²) in [5.41, 5.74) is 0. The Bertz CT molecular complexity index is 343. The lowest BCUT2D eigenvalue weighted by Gasteiger charge is -1.82. The lowest BCUT2D eigenvalue weighted by Crippen LogP contribution is -1.91. The zero-order valence-corrected chi connectivity index (χ0v) is 6.97. The Balaban J connectivity index is 2.84. The van der Waals surface area contributed by atoms with Crippen LogP contribution in [0.15, 0.2) is 16.5 Å². The maximum atomic E-state index is 10.3. The van der Waals surface area contributed by atoms with Crippen LogP contribution in [0.2, 0.25) is 0 Å². The van der Waals surface area contributed by atoms with E-state index in [1.54, 1.807) is 0 Å². The monoisotopic (exact) mass is 182 g/mol. The molecule has 0 unspecified atom stereocenters. The third kappa shape index (κ3) is 2.07. The van der Waals surface area contributed by atoms with Crippen molar-refractivity contribution in [2.45, 2.75) is 0 Å². The Kier molecular flexibility index (Phi) is 2.83. The maximum absolute atomic E-state index is 10.3. The van der Waals surface area contributed by atoms with Gasteiger partial charge in [-0.15, -0.1) is 0 Å². The highest BCUT2D eigenvalue weighted by atomic mass is 32.1. The van der Waals surface area contributed by atoms with Gasteiger partial charge in [-0.05, 0) is 18.1 Å². The largest absolute Gasteiger partial charge is 0.475 e. The fourth-order valence-corrected chi connectivity index (χ4v) is 0.726. The quantitative estimate of drug-likeness (QED) is 0.507. The molecule has 1 aromatic heterocycles. The Morgan fingerprint density at radius 3 is 2.92 bits per heavy atom. The number of furan rings is 1. The second-order valence-electron chi connectivity index (χ2n) is 1.93. The van der Waals surface area contributed by atoms with Crippen molar-refractivity contribution in [2.75, 3.05) is 5.75 Å². The van der Waals surface area contributed by atoms with Crippen molar-refractivity contribution < 1.29 is 14.3 Å². The highest BCUT2D eigenvalue weighted by Crippen LogP contribution is 2.05. The second-order valence-corrected chi connectivity index (χ2v) is 2.25. The maximum Gasteiger partial charge on any atom is 0.371 e. The third-order valence-electron chi connectivity index (χ3n) is 1.11. The van der Waals surface area contributed by atoms with Crippen molar-refractivity contribution in [3.8, 4) is 11.8 Å². The molecule has 1 aromatic rings. The average molecular weight is 182 g/mol. The van der Waals surface area contributed by atoms with Gasteiger partial charge in [-0.3, -0.25) is 0 Å². The molecule has 1 heterocycles. The smallest absolute Gasteiger partial charge is 0.371 e. The topological polar surface area (TPSA) is 50.4 Å². The van der Waals surface area contributed by atoms with E-state index in [0.717, 1.165) is 0 Å². The summed E-state index contributed by atoms with van der Waals surface area (Å²) in [4.78, 5) is 10.3. The minimum Gasteiger partial charge on any atom is -0.475 e. The van der Waals surface area contributed by atoms with Gasteiger partial charge in [0.15, 0.2) is 5.76 Å². The number of carbonyl (C=O) groups is 1. The molecule has 12 heavy (non-hydrogen) atoms. The van der Waals surface area contributed by atoms with Crippen LogP contribution in [0.25, 0.3) is 0 Å². The number of hydrogen-bond acceptors (Lipinski definition) is 3. The Hall–Kier alpha value is -1.34. The fourth-order valence-electron chi connectivity index (χ4n) is 0.647. The molecule has 0 saturated heterocycles. The standard InChI is InChI=1S/C8H6O3S/c9-8(10)7-4-3-6(11-7)2-1-5-12/h3-4,12H,5H2,(H,9,10). The minimum atomic E-state index is -1.09. The van der Waals surface area contributed by atoms with Crippen molar-refractivity contribution in [1.82, 2.24) is 0 Å². The molecule has 62 valence electrons. The molecule has 1 rings (SSSR count). The number of rotatable bonds is 1. The molecular weight excluding hydrogens is 176 g/mol. The van der Waals surface area contributed by atoms with Crippen LogP contribution >= 0.6 is 12.6 Å². The molecule has 0 aliphatic heterocycles. The van der Waals surface area contributed by atoms with E-state index >= 15 is 0 Å². The van der Waals surface area contributed by atoms with Crippen LogP contribution in [0.3, 0.4) is 0 Å². The van der Waals surface area contributed by atoms with Gasteiger partial charge in [-0.25, -0.2) is 4.79 Å². The number of aromatic carboxylic acids is 1. The van der Waals surface area contributed by atoms with Gasteiger partial charge >= 0.3 is 5.97 Å². The van der Waals surface area contributed by atoms with Crippen molar-refractivity contribution in [1.29, 1.82) is 0 Å². The van der Waals surface area contributed by atoms with Crippen LogP contribution in [-0.2, 0) is 0 Å². The lowest BCUT2D eigenvalue weighted by atomic mass is 10.4. The van der Waals surface area contributed by atoms with Gasteiger partial charge < -0.3 is 9.52 Å². The summed E-state index contributed by atoms with van der Waals surface area (Å²) in [5, 5.41) is 8.47. The predicted molar refractivity (Wildman–Crippen MR) is 46.4 cm³/mol. The molecule has 0 aliphatic carbocycles. The van der Waals surface area contributed by atoms with Gasteiger partial charge in [0.25, 0.3) is 0 Å². The molecule has 0 amide bonds. The SMILES string of the molecule is O=C(O)c1ccc(C#CCS)o1. The van der Waals surface area contributed by atoms with Gasteiger partial charge in [-0.2, -0.15) is 12.6 Å². The summed E-state index contributed by atoms with van der Waals surface area (Å²) in [7, 11) is 0. The molecular formula is C8H6O3S. The summed E-state index contributed by atoms with van der Waals surface area (Å²) in [6, 6.07) is 2.88. The van der Waals surface area contributed by atoms with Gasteiger partial charge in [-0.1, -0.05) is 5.92 Å². The van der Waals surface area contributed by atoms with E-state index in [4.69, 9.17) is 9.52 Å². The first-order valence-corrected chi connectivity index (χ1v) is 3.80. The third-order valence-corrected chi connectivity index (χ3v) is 1.27. The summed E-state index contributed by atoms with van der Waals surface area (Å²) < 4.78 is 4.84. The Morgan fingerprint density at radius 1 is 1.67 bits per heavy atom. The van der Waals surface area contributed by atoms with E-state index in [1.165, 1.54) is 12.1 Å². The number of carboxylic acids is 1. The summed E-state index contributed by atoms with van der Waals surface area (Å²) in [5.74, 6) is 4.84. The van der Waals surface area contributed by atoms with Gasteiger partial charge in [0.05, 0.1) is 5.75 Å². The summed E-state index contributed by atoms with van der Waals surface area (Å²) >= 11 is 3.87. The van der Waals surface area contributed by atoms with Crippen molar-refractivity contribution in [2.24, 2.45) is 0 Å². The van der Waals surface area contributed by atoms with Crippen molar-refractivity contribution in [3.05, 3.63) is 23.7 Å². The molecule has 3 nitrogen and oxygen atoms in total. The highest BCUT2D eigenvalue weighted by Gasteiger charge is 2.06. The molecule has 4 heteroatoms. The Morgan fingerprint density at radius 2 is 2.42 bits per heavy atom. The average Bonchev–Trinajstić information content (AvgIpc) is 2.48. The first-order valence-electron chi connectivity index (χ1n) is 3.17. The predicted octanol–water partition coefficient (Wildman–Crippen LogP) is 1.26. The second kappa shape index (κ2) is 3.88. The Labute approximate surface area is 74.8 Å². The molecule has 0 atom stereocenters. The first-order chi connectivity index (χ1) is 5.74. The van der Waals surface area contributed by atoms with E-state index in [1.807, 2.05) is 0 Å². The van der Waals surface area contributed by atoms with E-state index in [-0.39, 0.29) is 5.76 Å². The zero-order valence-electron chi connectivity index (χ0n) is 6.07. The zero-order chi connectivity index (χ0) is 8.97. The van der Waals surface area contributed by atoms with Crippen LogP contribution in [-0.4, -0.2) is 16.8 Å². The summed E-state index contributed by atoms with van der Waals surface area (Å²) in [6.07, 6.45) is 0. The van der Waals surface area contributed by atoms with E-state index < -0.39 is 5.97 Å². The van der Waals surface area contributed by atoms with E-state index in [2.05, 4.69) is 24.5 Å². The van der Waals surface area contributed by atoms with Crippen molar-refractivity contribution >= 4 is 18.6 Å². The van der Waals surface area contributed by atoms with Gasteiger partial charge in [0.2, 0.25) is 5.76 Å². The molecule has 0 saturated carbocycles. The molecule has 0 bridgehead atoms. The lowest BCUT2D eigenvalue weighted by molar-refractivity contribution is 0.0662. The van der Waals surface area contributed by atoms with Crippen LogP contribution in [0.4, 0.5) is 0 Å². The number of carboxylic acid groups (broad SMARTS) is 1. The number of hydrogen-bond donors (Lipinski definition) is 2. The first kappa shape index (κ1) is 8.75. The highest BCUT2D eigenvalue weighted by molar-refractivity contribution is 7.80. The normalized spacial score (nSPS) is 8.75. The van der Waals surface area contributed by atoms with Crippen molar-refractivity contribution in [3.63, 3.8) is 0 Å². The molecule has 0 spiro atoms. The molecule has 1 N–H and O–H groups in total.